The average molecular weight is 653 g/mol. The average Bonchev–Trinajstić information content (AvgIpc) is 2.99. The van der Waals surface area contributed by atoms with E-state index in [4.69, 9.17) is 9.47 Å². The molecule has 242 valence electrons. The first-order valence-electron chi connectivity index (χ1n) is 14.1. The first-order valence-corrected chi connectivity index (χ1v) is 14.1. The number of halogens is 9. The third-order valence-corrected chi connectivity index (χ3v) is 7.18. The van der Waals surface area contributed by atoms with Gasteiger partial charge in [0.25, 0.3) is 0 Å². The second kappa shape index (κ2) is 13.6. The molecule has 1 fully saturated rings. The molecule has 0 atom stereocenters. The molecule has 1 aliphatic rings. The number of hydrogen-bond acceptors (Lipinski definition) is 3. The van der Waals surface area contributed by atoms with Crippen LogP contribution in [0.4, 0.5) is 39.5 Å². The maximum Gasteiger partial charge on any atom is 0.432 e. The van der Waals surface area contributed by atoms with E-state index in [1.165, 1.54) is 6.07 Å². The molecule has 0 aliphatic carbocycles. The van der Waals surface area contributed by atoms with Crippen LogP contribution in [-0.2, 0) is 15.6 Å². The van der Waals surface area contributed by atoms with Gasteiger partial charge in [-0.25, -0.2) is 30.7 Å². The fourth-order valence-corrected chi connectivity index (χ4v) is 4.90. The number of alkyl halides is 2. The SMILES string of the molecule is CCC/C=C/C1COC(c2cc(F)c(C(F)(F)Oc3ccc(-c4ccc(-c5cc(F)c(F)c(F)c5)c(F)c4)c(F)c3)c(F)c2)OC1. The molecule has 5 rings (SSSR count). The van der Waals surface area contributed by atoms with Gasteiger partial charge >= 0.3 is 6.11 Å². The lowest BCUT2D eigenvalue weighted by molar-refractivity contribution is -0.198. The van der Waals surface area contributed by atoms with Gasteiger partial charge in [0, 0.05) is 28.7 Å². The molecule has 0 bridgehead atoms. The fourth-order valence-electron chi connectivity index (χ4n) is 4.90. The van der Waals surface area contributed by atoms with E-state index < -0.39 is 64.4 Å². The van der Waals surface area contributed by atoms with Crippen molar-refractivity contribution in [1.29, 1.82) is 0 Å². The molecule has 0 aromatic heterocycles. The maximum absolute atomic E-state index is 15.0. The zero-order valence-electron chi connectivity index (χ0n) is 24.0. The Morgan fingerprint density at radius 3 is 1.87 bits per heavy atom. The highest BCUT2D eigenvalue weighted by Gasteiger charge is 2.42. The summed E-state index contributed by atoms with van der Waals surface area (Å²) in [7, 11) is 0. The molecule has 46 heavy (non-hydrogen) atoms. The number of ether oxygens (including phenoxy) is 3. The molecular formula is C34H25F9O3. The Morgan fingerprint density at radius 1 is 0.717 bits per heavy atom. The monoisotopic (exact) mass is 652 g/mol. The highest BCUT2D eigenvalue weighted by atomic mass is 19.3. The Kier molecular flexibility index (Phi) is 9.78. The predicted octanol–water partition coefficient (Wildman–Crippen LogP) is 10.1. The van der Waals surface area contributed by atoms with Gasteiger partial charge in [-0.1, -0.05) is 37.6 Å². The number of hydrogen-bond donors (Lipinski definition) is 0. The summed E-state index contributed by atoms with van der Waals surface area (Å²) in [5.41, 5.74) is -2.89. The quantitative estimate of drug-likeness (QED) is 0.102. The topological polar surface area (TPSA) is 27.7 Å². The minimum Gasteiger partial charge on any atom is -0.429 e. The van der Waals surface area contributed by atoms with E-state index in [0.717, 1.165) is 37.1 Å². The zero-order valence-corrected chi connectivity index (χ0v) is 24.0. The van der Waals surface area contributed by atoms with Gasteiger partial charge in [0.05, 0.1) is 13.2 Å². The van der Waals surface area contributed by atoms with Gasteiger partial charge in [0.1, 0.15) is 34.6 Å². The van der Waals surface area contributed by atoms with Gasteiger partial charge < -0.3 is 14.2 Å². The van der Waals surface area contributed by atoms with Gasteiger partial charge in [0.15, 0.2) is 23.7 Å². The second-order valence-corrected chi connectivity index (χ2v) is 10.5. The summed E-state index contributed by atoms with van der Waals surface area (Å²) in [5.74, 6) is -11.2. The molecule has 4 aromatic carbocycles. The molecule has 0 unspecified atom stereocenters. The molecule has 0 spiro atoms. The number of allylic oxidation sites excluding steroid dienone is 1. The van der Waals surface area contributed by atoms with Crippen molar-refractivity contribution in [3.8, 4) is 28.0 Å². The van der Waals surface area contributed by atoms with Crippen LogP contribution in [0, 0.1) is 46.6 Å². The summed E-state index contributed by atoms with van der Waals surface area (Å²) >= 11 is 0. The lowest BCUT2D eigenvalue weighted by Crippen LogP contribution is -2.28. The van der Waals surface area contributed by atoms with Gasteiger partial charge in [-0.2, -0.15) is 8.78 Å². The largest absolute Gasteiger partial charge is 0.432 e. The van der Waals surface area contributed by atoms with E-state index >= 15 is 8.78 Å². The van der Waals surface area contributed by atoms with E-state index in [0.29, 0.717) is 30.3 Å². The number of rotatable bonds is 9. The summed E-state index contributed by atoms with van der Waals surface area (Å²) in [4.78, 5) is 0. The van der Waals surface area contributed by atoms with Crippen molar-refractivity contribution in [1.82, 2.24) is 0 Å². The Morgan fingerprint density at radius 2 is 1.28 bits per heavy atom. The van der Waals surface area contributed by atoms with E-state index in [2.05, 4.69) is 4.74 Å². The van der Waals surface area contributed by atoms with Crippen molar-refractivity contribution < 1.29 is 53.7 Å². The smallest absolute Gasteiger partial charge is 0.429 e. The molecule has 12 heteroatoms. The lowest BCUT2D eigenvalue weighted by Gasteiger charge is -2.28. The molecule has 4 aromatic rings. The zero-order chi connectivity index (χ0) is 33.2. The van der Waals surface area contributed by atoms with Gasteiger partial charge in [-0.05, 0) is 60.0 Å². The fraction of sp³-hybridized carbons (Fsp3) is 0.235. The highest BCUT2D eigenvalue weighted by Crippen LogP contribution is 2.39. The van der Waals surface area contributed by atoms with Crippen LogP contribution in [0.25, 0.3) is 22.3 Å². The Balaban J connectivity index is 1.31. The van der Waals surface area contributed by atoms with Crippen molar-refractivity contribution in [2.75, 3.05) is 13.2 Å². The van der Waals surface area contributed by atoms with Crippen molar-refractivity contribution in [3.05, 3.63) is 125 Å². The van der Waals surface area contributed by atoms with Crippen LogP contribution in [0.15, 0.2) is 72.8 Å². The Bertz CT molecular complexity index is 1720. The van der Waals surface area contributed by atoms with Crippen LogP contribution in [0.3, 0.4) is 0 Å². The van der Waals surface area contributed by atoms with Crippen LogP contribution in [0.1, 0.15) is 37.2 Å². The molecule has 1 aliphatic heterocycles. The van der Waals surface area contributed by atoms with Crippen LogP contribution >= 0.6 is 0 Å². The molecule has 0 saturated carbocycles. The third-order valence-electron chi connectivity index (χ3n) is 7.18. The molecule has 0 radical (unpaired) electrons. The number of unbranched alkanes of at least 4 members (excludes halogenated alkanes) is 1. The van der Waals surface area contributed by atoms with Crippen molar-refractivity contribution >= 4 is 0 Å². The molecule has 1 heterocycles. The van der Waals surface area contributed by atoms with E-state index in [-0.39, 0.29) is 46.9 Å². The summed E-state index contributed by atoms with van der Waals surface area (Å²) in [5, 5.41) is 0. The van der Waals surface area contributed by atoms with Crippen molar-refractivity contribution in [3.63, 3.8) is 0 Å². The molecule has 3 nitrogen and oxygen atoms in total. The standard InChI is InChI=1S/C34H25F9O3/c1-2-3-4-5-18-16-44-33(45-17-18)21-13-27(37)31(28(38)14-21)34(42,43)46-22-7-9-23(26(36)15-22)19-6-8-24(25(35)10-19)20-11-29(39)32(41)30(40)12-20/h4-15,18,33H,2-3,16-17H2,1H3/b5-4+. The summed E-state index contributed by atoms with van der Waals surface area (Å²) < 4.78 is 146. The van der Waals surface area contributed by atoms with Crippen LogP contribution < -0.4 is 4.74 Å². The van der Waals surface area contributed by atoms with Crippen molar-refractivity contribution in [2.45, 2.75) is 32.2 Å². The molecule has 1 saturated heterocycles. The number of benzene rings is 4. The third kappa shape index (κ3) is 7.07. The van der Waals surface area contributed by atoms with E-state index in [9.17, 15) is 30.7 Å². The Labute approximate surface area is 257 Å². The van der Waals surface area contributed by atoms with E-state index in [1.807, 2.05) is 19.1 Å². The molecule has 0 N–H and O–H groups in total. The summed E-state index contributed by atoms with van der Waals surface area (Å²) in [6.45, 7) is 2.41. The van der Waals surface area contributed by atoms with Crippen LogP contribution in [0.2, 0.25) is 0 Å². The Hall–Kier alpha value is -4.29. The lowest BCUT2D eigenvalue weighted by atomic mass is 9.99. The van der Waals surface area contributed by atoms with Crippen molar-refractivity contribution in [2.24, 2.45) is 5.92 Å². The van der Waals surface area contributed by atoms with Gasteiger partial charge in [-0.15, -0.1) is 0 Å². The highest BCUT2D eigenvalue weighted by molar-refractivity contribution is 5.72. The maximum atomic E-state index is 15.0. The van der Waals surface area contributed by atoms with E-state index in [1.54, 1.807) is 0 Å². The molecule has 0 amide bonds. The summed E-state index contributed by atoms with van der Waals surface area (Å²) in [6.07, 6.45) is -0.0604. The normalized spacial score (nSPS) is 17.1. The van der Waals surface area contributed by atoms with Gasteiger partial charge in [0.2, 0.25) is 0 Å². The van der Waals surface area contributed by atoms with Crippen LogP contribution in [0.5, 0.6) is 5.75 Å². The first-order chi connectivity index (χ1) is 21.9. The van der Waals surface area contributed by atoms with Gasteiger partial charge in [-0.3, -0.25) is 0 Å². The predicted molar refractivity (Wildman–Crippen MR) is 150 cm³/mol. The second-order valence-electron chi connectivity index (χ2n) is 10.5. The first kappa shape index (κ1) is 33.1. The minimum absolute atomic E-state index is 0.0713. The van der Waals surface area contributed by atoms with Crippen LogP contribution in [-0.4, -0.2) is 13.2 Å². The minimum atomic E-state index is -4.59. The molecular weight excluding hydrogens is 627 g/mol. The summed E-state index contributed by atoms with van der Waals surface area (Å²) in [6, 6.07) is 7.87.